The van der Waals surface area contributed by atoms with Crippen molar-refractivity contribution in [2.75, 3.05) is 10.8 Å². The van der Waals surface area contributed by atoms with E-state index >= 15 is 0 Å². The molecule has 9 heteroatoms. The Balaban J connectivity index is 1.83. The number of benzene rings is 4. The van der Waals surface area contributed by atoms with Crippen molar-refractivity contribution in [1.82, 2.24) is 10.2 Å². The summed E-state index contributed by atoms with van der Waals surface area (Å²) in [6.45, 7) is 9.12. The minimum Gasteiger partial charge on any atom is -0.352 e. The minimum atomic E-state index is -4.21. The van der Waals surface area contributed by atoms with Crippen LogP contribution in [0.5, 0.6) is 0 Å². The molecule has 0 spiro atoms. The fourth-order valence-corrected chi connectivity index (χ4v) is 6.65. The van der Waals surface area contributed by atoms with E-state index in [2.05, 4.69) is 5.32 Å². The van der Waals surface area contributed by atoms with Crippen molar-refractivity contribution in [2.45, 2.75) is 71.0 Å². The summed E-state index contributed by atoms with van der Waals surface area (Å²) in [6, 6.07) is 27.6. The summed E-state index contributed by atoms with van der Waals surface area (Å²) in [6.07, 6.45) is 0.966. The third kappa shape index (κ3) is 8.56. The zero-order valence-electron chi connectivity index (χ0n) is 27.0. The molecule has 0 saturated heterocycles. The molecule has 0 unspecified atom stereocenters. The largest absolute Gasteiger partial charge is 0.352 e. The highest BCUT2D eigenvalue weighted by Gasteiger charge is 2.35. The van der Waals surface area contributed by atoms with Crippen molar-refractivity contribution in [3.8, 4) is 0 Å². The smallest absolute Gasteiger partial charge is 0.264 e. The Kier molecular flexibility index (Phi) is 11.7. The lowest BCUT2D eigenvalue weighted by Crippen LogP contribution is -2.54. The van der Waals surface area contributed by atoms with E-state index in [1.54, 1.807) is 30.3 Å². The summed E-state index contributed by atoms with van der Waals surface area (Å²) in [4.78, 5) is 30.2. The van der Waals surface area contributed by atoms with Gasteiger partial charge in [-0.25, -0.2) is 8.42 Å². The van der Waals surface area contributed by atoms with Crippen molar-refractivity contribution in [2.24, 2.45) is 0 Å². The highest BCUT2D eigenvalue weighted by Crippen LogP contribution is 2.29. The van der Waals surface area contributed by atoms with Gasteiger partial charge in [-0.2, -0.15) is 0 Å². The molecule has 242 valence electrons. The van der Waals surface area contributed by atoms with Crippen molar-refractivity contribution >= 4 is 39.1 Å². The van der Waals surface area contributed by atoms with E-state index in [0.717, 1.165) is 32.1 Å². The first kappa shape index (κ1) is 34.7. The summed E-state index contributed by atoms with van der Waals surface area (Å²) in [7, 11) is -4.21. The molecule has 7 nitrogen and oxygen atoms in total. The van der Waals surface area contributed by atoms with Gasteiger partial charge in [0.25, 0.3) is 10.0 Å². The standard InChI is InChI=1S/C37H42ClN3O4S/c1-6-29(5)39-37(43)35(22-30-13-8-7-9-14-30)40(24-31-15-11-10-12-27(31)3)36(42)25-41(32-19-18-28(4)34(38)23-32)46(44,45)33-20-16-26(2)17-21-33/h7-21,23,29,35H,6,22,24-25H2,1-5H3,(H,39,43)/t29-,35+/m1/s1. The zero-order valence-corrected chi connectivity index (χ0v) is 28.6. The van der Waals surface area contributed by atoms with Crippen molar-refractivity contribution in [3.63, 3.8) is 0 Å². The van der Waals surface area contributed by atoms with Crippen LogP contribution < -0.4 is 9.62 Å². The Morgan fingerprint density at radius 3 is 2.13 bits per heavy atom. The molecule has 0 saturated carbocycles. The van der Waals surface area contributed by atoms with Crippen LogP contribution in [0.3, 0.4) is 0 Å². The van der Waals surface area contributed by atoms with Crippen molar-refractivity contribution in [3.05, 3.63) is 130 Å². The molecular formula is C37H42ClN3O4S. The molecule has 0 heterocycles. The number of nitrogens with zero attached hydrogens (tertiary/aromatic N) is 2. The summed E-state index contributed by atoms with van der Waals surface area (Å²) < 4.78 is 29.5. The molecular weight excluding hydrogens is 618 g/mol. The van der Waals surface area contributed by atoms with Crippen LogP contribution >= 0.6 is 11.6 Å². The highest BCUT2D eigenvalue weighted by molar-refractivity contribution is 7.92. The van der Waals surface area contributed by atoms with E-state index in [-0.39, 0.29) is 35.5 Å². The molecule has 0 bridgehead atoms. The Morgan fingerprint density at radius 1 is 0.848 bits per heavy atom. The Labute approximate surface area is 278 Å². The Bertz CT molecular complexity index is 1760. The summed E-state index contributed by atoms with van der Waals surface area (Å²) in [5.74, 6) is -0.817. The number of hydrogen-bond acceptors (Lipinski definition) is 4. The fraction of sp³-hybridized carbons (Fsp3) is 0.297. The molecule has 1 N–H and O–H groups in total. The number of carbonyl (C=O) groups excluding carboxylic acids is 2. The molecule has 0 aliphatic heterocycles. The topological polar surface area (TPSA) is 86.8 Å². The predicted molar refractivity (Wildman–Crippen MR) is 185 cm³/mol. The van der Waals surface area contributed by atoms with Gasteiger partial charge in [0.05, 0.1) is 10.6 Å². The van der Waals surface area contributed by atoms with E-state index in [1.165, 1.54) is 17.0 Å². The summed E-state index contributed by atoms with van der Waals surface area (Å²) >= 11 is 6.47. The number of anilines is 1. The maximum Gasteiger partial charge on any atom is 0.264 e. The summed E-state index contributed by atoms with van der Waals surface area (Å²) in [5, 5.41) is 3.44. The van der Waals surface area contributed by atoms with Crippen LogP contribution in [0.25, 0.3) is 0 Å². The molecule has 0 radical (unpaired) electrons. The van der Waals surface area contributed by atoms with Gasteiger partial charge >= 0.3 is 0 Å². The predicted octanol–water partition coefficient (Wildman–Crippen LogP) is 7.02. The van der Waals surface area contributed by atoms with Crippen LogP contribution in [0.15, 0.2) is 102 Å². The van der Waals surface area contributed by atoms with Crippen molar-refractivity contribution in [1.29, 1.82) is 0 Å². The average molecular weight is 660 g/mol. The third-order valence-corrected chi connectivity index (χ3v) is 10.4. The van der Waals surface area contributed by atoms with Crippen LogP contribution in [0.2, 0.25) is 5.02 Å². The molecule has 46 heavy (non-hydrogen) atoms. The number of carbonyl (C=O) groups is 2. The highest BCUT2D eigenvalue weighted by atomic mass is 35.5. The van der Waals surface area contributed by atoms with E-state index in [4.69, 9.17) is 11.6 Å². The Morgan fingerprint density at radius 2 is 1.50 bits per heavy atom. The molecule has 2 amide bonds. The van der Waals surface area contributed by atoms with Gasteiger partial charge in [0.1, 0.15) is 12.6 Å². The normalized spacial score (nSPS) is 12.7. The summed E-state index contributed by atoms with van der Waals surface area (Å²) in [5.41, 5.74) is 4.62. The van der Waals surface area contributed by atoms with E-state index in [9.17, 15) is 18.0 Å². The number of sulfonamides is 1. The maximum absolute atomic E-state index is 14.6. The quantitative estimate of drug-likeness (QED) is 0.167. The fourth-order valence-electron chi connectivity index (χ4n) is 5.07. The minimum absolute atomic E-state index is 0.0448. The molecule has 0 fully saturated rings. The molecule has 2 atom stereocenters. The second-order valence-electron chi connectivity index (χ2n) is 11.7. The van der Waals surface area contributed by atoms with Crippen LogP contribution in [-0.2, 0) is 32.6 Å². The van der Waals surface area contributed by atoms with E-state index < -0.39 is 28.5 Å². The monoisotopic (exact) mass is 659 g/mol. The first-order valence-electron chi connectivity index (χ1n) is 15.4. The number of hydrogen-bond donors (Lipinski definition) is 1. The van der Waals surface area contributed by atoms with Gasteiger partial charge < -0.3 is 10.2 Å². The van der Waals surface area contributed by atoms with Crippen LogP contribution in [0.4, 0.5) is 5.69 Å². The van der Waals surface area contributed by atoms with E-state index in [1.807, 2.05) is 89.2 Å². The first-order valence-corrected chi connectivity index (χ1v) is 17.3. The lowest BCUT2D eigenvalue weighted by atomic mass is 10.0. The molecule has 0 aliphatic rings. The second kappa shape index (κ2) is 15.4. The van der Waals surface area contributed by atoms with Gasteiger partial charge in [0.2, 0.25) is 11.8 Å². The number of aryl methyl sites for hydroxylation is 3. The molecule has 4 aromatic carbocycles. The first-order chi connectivity index (χ1) is 21.9. The van der Waals surface area contributed by atoms with Crippen LogP contribution in [-0.4, -0.2) is 43.8 Å². The number of nitrogens with one attached hydrogen (secondary N) is 1. The van der Waals surface area contributed by atoms with Gasteiger partial charge in [0, 0.05) is 24.0 Å². The number of amides is 2. The molecule has 0 aliphatic carbocycles. The average Bonchev–Trinajstić information content (AvgIpc) is 3.04. The van der Waals surface area contributed by atoms with Crippen molar-refractivity contribution < 1.29 is 18.0 Å². The van der Waals surface area contributed by atoms with Gasteiger partial charge in [-0.3, -0.25) is 13.9 Å². The lowest BCUT2D eigenvalue weighted by Gasteiger charge is -2.34. The van der Waals surface area contributed by atoms with Gasteiger partial charge in [0.15, 0.2) is 0 Å². The molecule has 0 aromatic heterocycles. The number of rotatable bonds is 13. The van der Waals surface area contributed by atoms with Gasteiger partial charge in [-0.05, 0) is 80.6 Å². The van der Waals surface area contributed by atoms with E-state index in [0.29, 0.717) is 11.4 Å². The number of halogens is 1. The second-order valence-corrected chi connectivity index (χ2v) is 14.0. The Hall–Kier alpha value is -4.14. The third-order valence-electron chi connectivity index (χ3n) is 8.21. The molecule has 4 aromatic rings. The van der Waals surface area contributed by atoms with Gasteiger partial charge in [-0.15, -0.1) is 0 Å². The van der Waals surface area contributed by atoms with Crippen LogP contribution in [0.1, 0.15) is 48.1 Å². The molecule has 4 rings (SSSR count). The lowest BCUT2D eigenvalue weighted by molar-refractivity contribution is -0.140. The van der Waals surface area contributed by atoms with Gasteiger partial charge in [-0.1, -0.05) is 96.9 Å². The SMILES string of the molecule is CC[C@@H](C)NC(=O)[C@H](Cc1ccccc1)N(Cc1ccccc1C)C(=O)CN(c1ccc(C)c(Cl)c1)S(=O)(=O)c1ccc(C)cc1. The van der Waals surface area contributed by atoms with Crippen LogP contribution in [0, 0.1) is 20.8 Å². The zero-order chi connectivity index (χ0) is 33.4. The maximum atomic E-state index is 14.6.